The van der Waals surface area contributed by atoms with Crippen LogP contribution >= 0.6 is 54.8 Å². The van der Waals surface area contributed by atoms with Gasteiger partial charge in [0, 0.05) is 19.7 Å². The van der Waals surface area contributed by atoms with Crippen molar-refractivity contribution in [3.05, 3.63) is 31.5 Å². The van der Waals surface area contributed by atoms with Gasteiger partial charge in [0.25, 0.3) is 0 Å². The smallest absolute Gasteiger partial charge is 0.0511 e. The van der Waals surface area contributed by atoms with E-state index in [2.05, 4.69) is 31.9 Å². The van der Waals surface area contributed by atoms with Crippen LogP contribution in [-0.2, 0) is 0 Å². The maximum absolute atomic E-state index is 6.03. The summed E-state index contributed by atoms with van der Waals surface area (Å²) in [6.07, 6.45) is 0. The van der Waals surface area contributed by atoms with Crippen LogP contribution < -0.4 is 0 Å². The minimum Gasteiger partial charge on any atom is -0.141 e. The average Bonchev–Trinajstić information content (AvgIpc) is 2.42. The average molecular weight is 326 g/mol. The fraction of sp³-hybridized carbons (Fsp3) is 0. The Balaban J connectivity index is 2.98. The zero-order valence-corrected chi connectivity index (χ0v) is 10.5. The fourth-order valence-corrected chi connectivity index (χ4v) is 3.76. The summed E-state index contributed by atoms with van der Waals surface area (Å²) in [7, 11) is 0. The van der Waals surface area contributed by atoms with Crippen molar-refractivity contribution in [3.63, 3.8) is 0 Å². The van der Waals surface area contributed by atoms with Crippen LogP contribution in [0.25, 0.3) is 10.1 Å². The molecule has 1 aromatic heterocycles. The van der Waals surface area contributed by atoms with Crippen molar-refractivity contribution >= 4 is 64.9 Å². The number of benzene rings is 1. The van der Waals surface area contributed by atoms with Gasteiger partial charge in [-0.1, -0.05) is 11.6 Å². The van der Waals surface area contributed by atoms with Gasteiger partial charge >= 0.3 is 0 Å². The maximum atomic E-state index is 6.03. The van der Waals surface area contributed by atoms with Crippen molar-refractivity contribution in [2.45, 2.75) is 0 Å². The van der Waals surface area contributed by atoms with Crippen molar-refractivity contribution in [1.29, 1.82) is 0 Å². The summed E-state index contributed by atoms with van der Waals surface area (Å²) >= 11 is 14.6. The maximum Gasteiger partial charge on any atom is 0.0511 e. The lowest BCUT2D eigenvalue weighted by Crippen LogP contribution is -1.69. The molecule has 0 nitrogen and oxygen atoms in total. The Bertz CT molecular complexity index is 436. The summed E-state index contributed by atoms with van der Waals surface area (Å²) in [5.74, 6) is 0. The van der Waals surface area contributed by atoms with Gasteiger partial charge in [0.2, 0.25) is 0 Å². The van der Waals surface area contributed by atoms with Crippen molar-refractivity contribution in [1.82, 2.24) is 0 Å². The van der Waals surface area contributed by atoms with E-state index in [-0.39, 0.29) is 0 Å². The molecule has 0 saturated carbocycles. The lowest BCUT2D eigenvalue weighted by Gasteiger charge is -1.96. The summed E-state index contributed by atoms with van der Waals surface area (Å²) in [4.78, 5) is 0. The van der Waals surface area contributed by atoms with Gasteiger partial charge in [-0.05, 0) is 44.0 Å². The van der Waals surface area contributed by atoms with E-state index in [1.54, 1.807) is 11.3 Å². The highest BCUT2D eigenvalue weighted by molar-refractivity contribution is 9.11. The number of fused-ring (bicyclic) bond motifs is 1. The first-order valence-electron chi connectivity index (χ1n) is 3.21. The van der Waals surface area contributed by atoms with E-state index in [1.165, 1.54) is 4.70 Å². The Morgan fingerprint density at radius 1 is 1.17 bits per heavy atom. The van der Waals surface area contributed by atoms with E-state index in [1.807, 2.05) is 17.5 Å². The first-order valence-corrected chi connectivity index (χ1v) is 6.05. The zero-order valence-electron chi connectivity index (χ0n) is 5.77. The predicted octanol–water partition coefficient (Wildman–Crippen LogP) is 5.08. The van der Waals surface area contributed by atoms with Gasteiger partial charge in [-0.15, -0.1) is 11.3 Å². The summed E-state index contributed by atoms with van der Waals surface area (Å²) in [5.41, 5.74) is 0. The predicted molar refractivity (Wildman–Crippen MR) is 62.2 cm³/mol. The summed E-state index contributed by atoms with van der Waals surface area (Å²) in [6, 6.07) is 3.86. The van der Waals surface area contributed by atoms with Gasteiger partial charge in [-0.25, -0.2) is 0 Å². The molecule has 2 rings (SSSR count). The number of thiophene rings is 1. The molecule has 0 aliphatic heterocycles. The number of halogens is 3. The quantitative estimate of drug-likeness (QED) is 0.633. The van der Waals surface area contributed by atoms with Gasteiger partial charge in [0.05, 0.1) is 9.72 Å². The van der Waals surface area contributed by atoms with E-state index >= 15 is 0 Å². The van der Waals surface area contributed by atoms with E-state index in [4.69, 9.17) is 11.6 Å². The number of hydrogen-bond donors (Lipinski definition) is 0. The molecule has 0 unspecified atom stereocenters. The fourth-order valence-electron chi connectivity index (χ4n) is 1.04. The Morgan fingerprint density at radius 3 is 2.58 bits per heavy atom. The first kappa shape index (κ1) is 9.00. The molecule has 0 aliphatic carbocycles. The third-order valence-corrected chi connectivity index (χ3v) is 4.76. The van der Waals surface area contributed by atoms with Crippen LogP contribution in [0.4, 0.5) is 0 Å². The van der Waals surface area contributed by atoms with Gasteiger partial charge in [0.1, 0.15) is 0 Å². The molecule has 2 aromatic rings. The van der Waals surface area contributed by atoms with Crippen LogP contribution in [0.3, 0.4) is 0 Å². The third-order valence-electron chi connectivity index (χ3n) is 1.58. The summed E-state index contributed by atoms with van der Waals surface area (Å²) in [6.45, 7) is 0. The van der Waals surface area contributed by atoms with Crippen LogP contribution in [0.5, 0.6) is 0 Å². The molecule has 0 amide bonds. The minimum atomic E-state index is 0.793. The topological polar surface area (TPSA) is 0 Å². The van der Waals surface area contributed by atoms with Crippen LogP contribution in [0.2, 0.25) is 5.02 Å². The second-order valence-corrected chi connectivity index (χ2v) is 5.31. The minimum absolute atomic E-state index is 0.793. The molecule has 0 fully saturated rings. The zero-order chi connectivity index (χ0) is 8.72. The highest BCUT2D eigenvalue weighted by Crippen LogP contribution is 2.39. The van der Waals surface area contributed by atoms with Crippen LogP contribution in [0, 0.1) is 0 Å². The van der Waals surface area contributed by atoms with Crippen molar-refractivity contribution in [2.75, 3.05) is 0 Å². The van der Waals surface area contributed by atoms with E-state index in [9.17, 15) is 0 Å². The van der Waals surface area contributed by atoms with Crippen molar-refractivity contribution in [3.8, 4) is 0 Å². The van der Waals surface area contributed by atoms with E-state index < -0.39 is 0 Å². The molecule has 0 N–H and O–H groups in total. The molecule has 0 aliphatic rings. The molecular weight excluding hydrogens is 323 g/mol. The molecular formula is C8H3Br2ClS. The van der Waals surface area contributed by atoms with Crippen molar-refractivity contribution < 1.29 is 0 Å². The standard InChI is InChI=1S/C8H3Br2ClS/c9-4-1-2-6(11)7-5(10)3-12-8(4)7/h1-3H. The first-order chi connectivity index (χ1) is 5.70. The molecule has 62 valence electrons. The Labute approximate surface area is 95.8 Å². The molecule has 1 aromatic carbocycles. The van der Waals surface area contributed by atoms with Crippen LogP contribution in [0.15, 0.2) is 26.5 Å². The van der Waals surface area contributed by atoms with Gasteiger partial charge in [-0.2, -0.15) is 0 Å². The Morgan fingerprint density at radius 2 is 1.92 bits per heavy atom. The molecule has 0 bridgehead atoms. The van der Waals surface area contributed by atoms with Crippen LogP contribution in [-0.4, -0.2) is 0 Å². The molecule has 1 heterocycles. The molecule has 0 atom stereocenters. The summed E-state index contributed by atoms with van der Waals surface area (Å²) < 4.78 is 3.35. The van der Waals surface area contributed by atoms with Gasteiger partial charge in [-0.3, -0.25) is 0 Å². The molecule has 12 heavy (non-hydrogen) atoms. The largest absolute Gasteiger partial charge is 0.141 e. The van der Waals surface area contributed by atoms with Gasteiger partial charge < -0.3 is 0 Å². The Kier molecular flexibility index (Phi) is 2.47. The molecule has 4 heteroatoms. The summed E-state index contributed by atoms with van der Waals surface area (Å²) in [5, 5.41) is 3.93. The monoisotopic (exact) mass is 324 g/mol. The van der Waals surface area contributed by atoms with Crippen molar-refractivity contribution in [2.24, 2.45) is 0 Å². The van der Waals surface area contributed by atoms with Gasteiger partial charge in [0.15, 0.2) is 0 Å². The highest BCUT2D eigenvalue weighted by Gasteiger charge is 2.07. The Hall–Kier alpha value is 0.430. The number of rotatable bonds is 0. The van der Waals surface area contributed by atoms with Crippen LogP contribution in [0.1, 0.15) is 0 Å². The third kappa shape index (κ3) is 1.33. The highest BCUT2D eigenvalue weighted by atomic mass is 79.9. The number of hydrogen-bond acceptors (Lipinski definition) is 1. The second-order valence-electron chi connectivity index (χ2n) is 2.32. The molecule has 0 saturated heterocycles. The lowest BCUT2D eigenvalue weighted by atomic mass is 10.3. The lowest BCUT2D eigenvalue weighted by molar-refractivity contribution is 1.78. The normalized spacial score (nSPS) is 10.9. The second kappa shape index (κ2) is 3.29. The van der Waals surface area contributed by atoms with E-state index in [0.717, 1.165) is 19.4 Å². The van der Waals surface area contributed by atoms with E-state index in [0.29, 0.717) is 0 Å². The molecule has 0 spiro atoms. The SMILES string of the molecule is Clc1ccc(Br)c2scc(Br)c12. The molecule has 0 radical (unpaired) electrons.